The molecule has 0 bridgehead atoms. The smallest absolute Gasteiger partial charge is 0.243 e. The topological polar surface area (TPSA) is 58.2 Å². The second-order valence-corrected chi connectivity index (χ2v) is 7.63. The van der Waals surface area contributed by atoms with Gasteiger partial charge >= 0.3 is 0 Å². The van der Waals surface area contributed by atoms with E-state index in [1.807, 2.05) is 0 Å². The van der Waals surface area contributed by atoms with Crippen molar-refractivity contribution in [2.45, 2.75) is 30.8 Å². The molecule has 1 aromatic rings. The predicted octanol–water partition coefficient (Wildman–Crippen LogP) is 1.86. The van der Waals surface area contributed by atoms with Gasteiger partial charge in [0.2, 0.25) is 10.0 Å². The van der Waals surface area contributed by atoms with Gasteiger partial charge in [-0.1, -0.05) is 6.92 Å². The summed E-state index contributed by atoms with van der Waals surface area (Å²) in [6, 6.07) is 1.78. The van der Waals surface area contributed by atoms with Crippen molar-refractivity contribution >= 4 is 21.8 Å². The third-order valence-electron chi connectivity index (χ3n) is 3.24. The quantitative estimate of drug-likeness (QED) is 0.832. The predicted molar refractivity (Wildman–Crippen MR) is 79.8 cm³/mol. The summed E-state index contributed by atoms with van der Waals surface area (Å²) in [7, 11) is -3.97. The molecule has 8 heteroatoms. The lowest BCUT2D eigenvalue weighted by Gasteiger charge is -2.14. The van der Waals surface area contributed by atoms with Gasteiger partial charge in [-0.2, -0.15) is 11.8 Å². The molecule has 2 N–H and O–H groups in total. The first-order valence-electron chi connectivity index (χ1n) is 6.73. The van der Waals surface area contributed by atoms with Gasteiger partial charge < -0.3 is 5.32 Å². The lowest BCUT2D eigenvalue weighted by molar-refractivity contribution is 0.510. The van der Waals surface area contributed by atoms with E-state index in [1.54, 1.807) is 18.7 Å². The molecule has 1 aromatic carbocycles. The lowest BCUT2D eigenvalue weighted by atomic mass is 10.2. The van der Waals surface area contributed by atoms with Crippen LogP contribution in [0.2, 0.25) is 0 Å². The molecule has 0 amide bonds. The van der Waals surface area contributed by atoms with E-state index >= 15 is 0 Å². The molecule has 1 aliphatic heterocycles. The lowest BCUT2D eigenvalue weighted by Crippen LogP contribution is -2.35. The standard InChI is InChI=1S/C13H18F2N2O2S2/c1-2-16-7-10-11(14)3-4-12(13(10)15)21(18,19)17-9-5-6-20-8-9/h3-4,9,16-17H,2,5-8H2,1H3. The fourth-order valence-corrected chi connectivity index (χ4v) is 4.74. The van der Waals surface area contributed by atoms with Crippen molar-refractivity contribution in [3.05, 3.63) is 29.3 Å². The Morgan fingerprint density at radius 2 is 2.14 bits per heavy atom. The van der Waals surface area contributed by atoms with Crippen molar-refractivity contribution in [2.75, 3.05) is 18.1 Å². The molecule has 0 spiro atoms. The second kappa shape index (κ2) is 7.04. The SMILES string of the molecule is CCNCc1c(F)ccc(S(=O)(=O)NC2CCSC2)c1F. The Balaban J connectivity index is 2.29. The van der Waals surface area contributed by atoms with Gasteiger partial charge in [0.05, 0.1) is 0 Å². The number of hydrogen-bond donors (Lipinski definition) is 2. The van der Waals surface area contributed by atoms with Crippen molar-refractivity contribution < 1.29 is 17.2 Å². The maximum Gasteiger partial charge on any atom is 0.243 e. The summed E-state index contributed by atoms with van der Waals surface area (Å²) in [6.45, 7) is 2.29. The van der Waals surface area contributed by atoms with E-state index in [0.29, 0.717) is 12.3 Å². The Hall–Kier alpha value is -0.700. The minimum atomic E-state index is -3.97. The largest absolute Gasteiger partial charge is 0.313 e. The van der Waals surface area contributed by atoms with Crippen LogP contribution in [0.15, 0.2) is 17.0 Å². The molecule has 21 heavy (non-hydrogen) atoms. The van der Waals surface area contributed by atoms with Crippen LogP contribution in [0.1, 0.15) is 18.9 Å². The zero-order chi connectivity index (χ0) is 15.5. The van der Waals surface area contributed by atoms with Crippen molar-refractivity contribution in [2.24, 2.45) is 0 Å². The molecule has 0 aromatic heterocycles. The van der Waals surface area contributed by atoms with E-state index in [4.69, 9.17) is 0 Å². The van der Waals surface area contributed by atoms with Gasteiger partial charge in [-0.25, -0.2) is 21.9 Å². The molecular formula is C13H18F2N2O2S2. The van der Waals surface area contributed by atoms with Gasteiger partial charge in [0.1, 0.15) is 10.7 Å². The summed E-state index contributed by atoms with van der Waals surface area (Å²) < 4.78 is 54.9. The highest BCUT2D eigenvalue weighted by atomic mass is 32.2. The van der Waals surface area contributed by atoms with Crippen LogP contribution in [0.4, 0.5) is 8.78 Å². The van der Waals surface area contributed by atoms with E-state index in [9.17, 15) is 17.2 Å². The molecule has 1 unspecified atom stereocenters. The van der Waals surface area contributed by atoms with Crippen molar-refractivity contribution in [1.82, 2.24) is 10.0 Å². The number of benzene rings is 1. The average Bonchev–Trinajstić information content (AvgIpc) is 2.90. The summed E-state index contributed by atoms with van der Waals surface area (Å²) in [4.78, 5) is -0.492. The van der Waals surface area contributed by atoms with E-state index in [2.05, 4.69) is 10.0 Å². The van der Waals surface area contributed by atoms with Crippen LogP contribution >= 0.6 is 11.8 Å². The van der Waals surface area contributed by atoms with Crippen LogP contribution in [0.25, 0.3) is 0 Å². The molecule has 1 atom stereocenters. The Bertz CT molecular complexity index is 602. The third kappa shape index (κ3) is 3.94. The van der Waals surface area contributed by atoms with Gasteiger partial charge in [-0.05, 0) is 30.9 Å². The molecule has 1 heterocycles. The van der Waals surface area contributed by atoms with Crippen LogP contribution in [-0.2, 0) is 16.6 Å². The first kappa shape index (κ1) is 16.7. The number of rotatable bonds is 6. The van der Waals surface area contributed by atoms with E-state index in [0.717, 1.165) is 24.3 Å². The summed E-state index contributed by atoms with van der Waals surface area (Å²) in [6.07, 6.45) is 0.719. The van der Waals surface area contributed by atoms with Crippen LogP contribution < -0.4 is 10.0 Å². The highest BCUT2D eigenvalue weighted by molar-refractivity contribution is 7.99. The molecule has 118 valence electrons. The van der Waals surface area contributed by atoms with Crippen molar-refractivity contribution in [3.8, 4) is 0 Å². The first-order valence-corrected chi connectivity index (χ1v) is 9.37. The van der Waals surface area contributed by atoms with E-state index in [-0.39, 0.29) is 18.2 Å². The molecule has 0 saturated carbocycles. The highest BCUT2D eigenvalue weighted by Crippen LogP contribution is 2.23. The van der Waals surface area contributed by atoms with Crippen LogP contribution in [-0.4, -0.2) is 32.5 Å². The average molecular weight is 336 g/mol. The summed E-state index contributed by atoms with van der Waals surface area (Å²) >= 11 is 1.65. The molecule has 1 saturated heterocycles. The first-order chi connectivity index (χ1) is 9.95. The van der Waals surface area contributed by atoms with Crippen LogP contribution in [0, 0.1) is 11.6 Å². The molecule has 4 nitrogen and oxygen atoms in total. The number of sulfonamides is 1. The fourth-order valence-electron chi connectivity index (χ4n) is 2.11. The fraction of sp³-hybridized carbons (Fsp3) is 0.538. The number of nitrogens with one attached hydrogen (secondary N) is 2. The number of halogens is 2. The van der Waals surface area contributed by atoms with Crippen LogP contribution in [0.3, 0.4) is 0 Å². The minimum Gasteiger partial charge on any atom is -0.313 e. The maximum absolute atomic E-state index is 14.3. The van der Waals surface area contributed by atoms with Crippen molar-refractivity contribution in [1.29, 1.82) is 0 Å². The molecule has 2 rings (SSSR count). The highest BCUT2D eigenvalue weighted by Gasteiger charge is 2.27. The summed E-state index contributed by atoms with van der Waals surface area (Å²) in [5.74, 6) is -0.213. The van der Waals surface area contributed by atoms with Gasteiger partial charge in [-0.15, -0.1) is 0 Å². The second-order valence-electron chi connectivity index (χ2n) is 4.80. The van der Waals surface area contributed by atoms with Gasteiger partial charge in [-0.3, -0.25) is 0 Å². The molecule has 0 radical (unpaired) electrons. The van der Waals surface area contributed by atoms with Gasteiger partial charge in [0.15, 0.2) is 5.82 Å². The normalized spacial score (nSPS) is 19.1. The van der Waals surface area contributed by atoms with Gasteiger partial charge in [0.25, 0.3) is 0 Å². The summed E-state index contributed by atoms with van der Waals surface area (Å²) in [5.41, 5.74) is -0.250. The van der Waals surface area contributed by atoms with E-state index < -0.39 is 26.6 Å². The van der Waals surface area contributed by atoms with E-state index in [1.165, 1.54) is 0 Å². The van der Waals surface area contributed by atoms with Gasteiger partial charge in [0, 0.05) is 23.9 Å². The van der Waals surface area contributed by atoms with Crippen molar-refractivity contribution in [3.63, 3.8) is 0 Å². The molecule has 1 aliphatic rings. The Morgan fingerprint density at radius 3 is 2.76 bits per heavy atom. The zero-order valence-electron chi connectivity index (χ0n) is 11.7. The minimum absolute atomic E-state index is 0.0448. The molecule has 0 aliphatic carbocycles. The molecular weight excluding hydrogens is 318 g/mol. The number of hydrogen-bond acceptors (Lipinski definition) is 4. The maximum atomic E-state index is 14.3. The van der Waals surface area contributed by atoms with Crippen LogP contribution in [0.5, 0.6) is 0 Å². The number of thioether (sulfide) groups is 1. The molecule has 1 fully saturated rings. The zero-order valence-corrected chi connectivity index (χ0v) is 13.3. The summed E-state index contributed by atoms with van der Waals surface area (Å²) in [5, 5.41) is 2.80. The monoisotopic (exact) mass is 336 g/mol. The Labute approximate surface area is 127 Å². The Kier molecular flexibility index (Phi) is 5.59. The Morgan fingerprint density at radius 1 is 1.38 bits per heavy atom. The third-order valence-corrected chi connectivity index (χ3v) is 5.94.